The first-order valence-corrected chi connectivity index (χ1v) is 9.75. The minimum Gasteiger partial charge on any atom is -0.371 e. The van der Waals surface area contributed by atoms with Crippen LogP contribution in [-0.2, 0) is 6.42 Å². The van der Waals surface area contributed by atoms with E-state index in [0.29, 0.717) is 24.9 Å². The highest BCUT2D eigenvalue weighted by atomic mass is 16.5. The maximum atomic E-state index is 5.28. The fourth-order valence-electron chi connectivity index (χ4n) is 3.20. The SMILES string of the molecule is CN=C(NCCc1nc(C(C)C)no1)NC1CCN(c2ccccc2)CC1. The molecular weight excluding hydrogens is 340 g/mol. The summed E-state index contributed by atoms with van der Waals surface area (Å²) in [6, 6.07) is 11.0. The summed E-state index contributed by atoms with van der Waals surface area (Å²) < 4.78 is 5.28. The van der Waals surface area contributed by atoms with Gasteiger partial charge < -0.3 is 20.1 Å². The third-order valence-corrected chi connectivity index (χ3v) is 4.81. The molecule has 2 aromatic rings. The number of nitrogens with one attached hydrogen (secondary N) is 2. The van der Waals surface area contributed by atoms with Crippen molar-refractivity contribution in [3.8, 4) is 0 Å². The van der Waals surface area contributed by atoms with Crippen LogP contribution >= 0.6 is 0 Å². The molecule has 0 atom stereocenters. The molecule has 7 nitrogen and oxygen atoms in total. The van der Waals surface area contributed by atoms with Crippen LogP contribution in [0.1, 0.15) is 44.3 Å². The van der Waals surface area contributed by atoms with Crippen molar-refractivity contribution < 1.29 is 4.52 Å². The second-order valence-electron chi connectivity index (χ2n) is 7.19. The zero-order valence-corrected chi connectivity index (χ0v) is 16.5. The van der Waals surface area contributed by atoms with Crippen LogP contribution in [-0.4, -0.2) is 48.8 Å². The molecular formula is C20H30N6O. The summed E-state index contributed by atoms with van der Waals surface area (Å²) in [6.07, 6.45) is 2.88. The Morgan fingerprint density at radius 1 is 1.26 bits per heavy atom. The summed E-state index contributed by atoms with van der Waals surface area (Å²) in [5.41, 5.74) is 1.30. The van der Waals surface area contributed by atoms with E-state index in [4.69, 9.17) is 4.52 Å². The van der Waals surface area contributed by atoms with Crippen molar-refractivity contribution in [1.82, 2.24) is 20.8 Å². The summed E-state index contributed by atoms with van der Waals surface area (Å²) in [6.45, 7) is 6.93. The first kappa shape index (κ1) is 19.2. The second kappa shape index (κ2) is 9.39. The fraction of sp³-hybridized carbons (Fsp3) is 0.550. The van der Waals surface area contributed by atoms with Gasteiger partial charge in [0.05, 0.1) is 0 Å². The van der Waals surface area contributed by atoms with Crippen molar-refractivity contribution in [2.24, 2.45) is 4.99 Å². The predicted molar refractivity (Wildman–Crippen MR) is 108 cm³/mol. The summed E-state index contributed by atoms with van der Waals surface area (Å²) >= 11 is 0. The summed E-state index contributed by atoms with van der Waals surface area (Å²) in [5.74, 6) is 2.54. The number of anilines is 1. The monoisotopic (exact) mass is 370 g/mol. The van der Waals surface area contributed by atoms with Crippen molar-refractivity contribution in [2.45, 2.75) is 45.1 Å². The highest BCUT2D eigenvalue weighted by Gasteiger charge is 2.20. The van der Waals surface area contributed by atoms with E-state index in [2.05, 4.69) is 74.8 Å². The van der Waals surface area contributed by atoms with Gasteiger partial charge in [-0.2, -0.15) is 4.98 Å². The molecule has 0 aliphatic carbocycles. The number of nitrogens with zero attached hydrogens (tertiary/aromatic N) is 4. The van der Waals surface area contributed by atoms with Crippen molar-refractivity contribution in [1.29, 1.82) is 0 Å². The molecule has 0 unspecified atom stereocenters. The minimum absolute atomic E-state index is 0.284. The van der Waals surface area contributed by atoms with Crippen LogP contribution in [0.15, 0.2) is 39.8 Å². The van der Waals surface area contributed by atoms with Crippen molar-refractivity contribution >= 4 is 11.6 Å². The third-order valence-electron chi connectivity index (χ3n) is 4.81. The molecule has 2 heterocycles. The lowest BCUT2D eigenvalue weighted by Crippen LogP contribution is -2.49. The molecule has 7 heteroatoms. The molecule has 0 saturated carbocycles. The molecule has 27 heavy (non-hydrogen) atoms. The van der Waals surface area contributed by atoms with Crippen molar-refractivity contribution in [3.05, 3.63) is 42.0 Å². The first-order chi connectivity index (χ1) is 13.2. The molecule has 0 bridgehead atoms. The van der Waals surface area contributed by atoms with Gasteiger partial charge in [0.2, 0.25) is 5.89 Å². The molecule has 1 aliphatic heterocycles. The van der Waals surface area contributed by atoms with Gasteiger partial charge in [0, 0.05) is 50.7 Å². The molecule has 0 amide bonds. The van der Waals surface area contributed by atoms with E-state index in [-0.39, 0.29) is 5.92 Å². The standard InChI is InChI=1S/C20H30N6O/c1-15(2)19-24-18(27-25-19)9-12-22-20(21-3)23-16-10-13-26(14-11-16)17-7-5-4-6-8-17/h4-8,15-16H,9-14H2,1-3H3,(H2,21,22,23). The third kappa shape index (κ3) is 5.45. The van der Waals surface area contributed by atoms with Crippen LogP contribution in [0, 0.1) is 0 Å². The molecule has 1 aromatic heterocycles. The summed E-state index contributed by atoms with van der Waals surface area (Å²) in [7, 11) is 1.80. The number of benzene rings is 1. The zero-order valence-electron chi connectivity index (χ0n) is 16.5. The lowest BCUT2D eigenvalue weighted by atomic mass is 10.0. The number of aromatic nitrogens is 2. The topological polar surface area (TPSA) is 78.6 Å². The number of piperidine rings is 1. The van der Waals surface area contributed by atoms with Crippen LogP contribution in [0.25, 0.3) is 0 Å². The molecule has 1 aromatic carbocycles. The molecule has 0 spiro atoms. The van der Waals surface area contributed by atoms with E-state index in [1.54, 1.807) is 7.05 Å². The Morgan fingerprint density at radius 3 is 2.63 bits per heavy atom. The molecule has 146 valence electrons. The van der Waals surface area contributed by atoms with Gasteiger partial charge >= 0.3 is 0 Å². The summed E-state index contributed by atoms with van der Waals surface area (Å²) in [5, 5.41) is 10.9. The summed E-state index contributed by atoms with van der Waals surface area (Å²) in [4.78, 5) is 11.2. The Balaban J connectivity index is 1.40. The Kier molecular flexibility index (Phi) is 6.68. The van der Waals surface area contributed by atoms with Gasteiger partial charge in [0.25, 0.3) is 0 Å². The van der Waals surface area contributed by atoms with E-state index in [1.807, 2.05) is 0 Å². The van der Waals surface area contributed by atoms with E-state index in [1.165, 1.54) is 5.69 Å². The zero-order chi connectivity index (χ0) is 19.1. The Bertz CT molecular complexity index is 719. The minimum atomic E-state index is 0.284. The quantitative estimate of drug-likeness (QED) is 0.601. The largest absolute Gasteiger partial charge is 0.371 e. The van der Waals surface area contributed by atoms with Gasteiger partial charge in [-0.25, -0.2) is 0 Å². The van der Waals surface area contributed by atoms with E-state index in [9.17, 15) is 0 Å². The second-order valence-corrected chi connectivity index (χ2v) is 7.19. The van der Waals surface area contributed by atoms with Crippen LogP contribution < -0.4 is 15.5 Å². The average Bonchev–Trinajstić information content (AvgIpc) is 3.18. The van der Waals surface area contributed by atoms with Gasteiger partial charge in [0.1, 0.15) is 0 Å². The average molecular weight is 371 g/mol. The fourth-order valence-corrected chi connectivity index (χ4v) is 3.20. The molecule has 3 rings (SSSR count). The van der Waals surface area contributed by atoms with Crippen LogP contribution in [0.4, 0.5) is 5.69 Å². The van der Waals surface area contributed by atoms with E-state index in [0.717, 1.165) is 37.7 Å². The molecule has 1 saturated heterocycles. The number of aliphatic imine (C=N–C) groups is 1. The molecule has 0 radical (unpaired) electrons. The van der Waals surface area contributed by atoms with E-state index >= 15 is 0 Å². The number of guanidine groups is 1. The van der Waals surface area contributed by atoms with Gasteiger partial charge in [-0.3, -0.25) is 4.99 Å². The highest BCUT2D eigenvalue weighted by molar-refractivity contribution is 5.80. The normalized spacial score (nSPS) is 16.0. The first-order valence-electron chi connectivity index (χ1n) is 9.75. The van der Waals surface area contributed by atoms with Gasteiger partial charge in [-0.05, 0) is 25.0 Å². The molecule has 1 fully saturated rings. The van der Waals surface area contributed by atoms with Gasteiger partial charge in [-0.1, -0.05) is 37.2 Å². The Hall–Kier alpha value is -2.57. The van der Waals surface area contributed by atoms with E-state index < -0.39 is 0 Å². The lowest BCUT2D eigenvalue weighted by Gasteiger charge is -2.34. The molecule has 2 N–H and O–H groups in total. The van der Waals surface area contributed by atoms with Gasteiger partial charge in [-0.15, -0.1) is 0 Å². The van der Waals surface area contributed by atoms with Crippen LogP contribution in [0.2, 0.25) is 0 Å². The number of hydrogen-bond donors (Lipinski definition) is 2. The maximum Gasteiger partial charge on any atom is 0.228 e. The Morgan fingerprint density at radius 2 is 2.00 bits per heavy atom. The van der Waals surface area contributed by atoms with Crippen molar-refractivity contribution in [2.75, 3.05) is 31.6 Å². The van der Waals surface area contributed by atoms with Crippen LogP contribution in [0.3, 0.4) is 0 Å². The number of hydrogen-bond acceptors (Lipinski definition) is 5. The predicted octanol–water partition coefficient (Wildman–Crippen LogP) is 2.57. The smallest absolute Gasteiger partial charge is 0.228 e. The maximum absolute atomic E-state index is 5.28. The number of para-hydroxylation sites is 1. The van der Waals surface area contributed by atoms with Crippen LogP contribution in [0.5, 0.6) is 0 Å². The van der Waals surface area contributed by atoms with Gasteiger partial charge in [0.15, 0.2) is 11.8 Å². The highest BCUT2D eigenvalue weighted by Crippen LogP contribution is 2.19. The van der Waals surface area contributed by atoms with Crippen molar-refractivity contribution in [3.63, 3.8) is 0 Å². The molecule has 1 aliphatic rings. The number of rotatable bonds is 6. The lowest BCUT2D eigenvalue weighted by molar-refractivity contribution is 0.371. The Labute approximate surface area is 161 Å².